The fourth-order valence-corrected chi connectivity index (χ4v) is 3.74. The average molecular weight is 418 g/mol. The maximum atomic E-state index is 13.0. The van der Waals surface area contributed by atoms with Crippen LogP contribution in [0.5, 0.6) is 0 Å². The van der Waals surface area contributed by atoms with Crippen molar-refractivity contribution < 1.29 is 9.59 Å². The summed E-state index contributed by atoms with van der Waals surface area (Å²) in [5.41, 5.74) is 2.04. The van der Waals surface area contributed by atoms with Gasteiger partial charge in [-0.25, -0.2) is 9.50 Å². The van der Waals surface area contributed by atoms with E-state index in [1.807, 2.05) is 0 Å². The van der Waals surface area contributed by atoms with E-state index in [1.54, 1.807) is 57.9 Å². The number of aromatic nitrogens is 3. The maximum Gasteiger partial charge on any atom is 0.259 e. The smallest absolute Gasteiger partial charge is 0.259 e. The summed E-state index contributed by atoms with van der Waals surface area (Å²) in [7, 11) is 0. The lowest BCUT2D eigenvalue weighted by Gasteiger charge is -2.35. The number of hydrogen-bond acceptors (Lipinski definition) is 4. The van der Waals surface area contributed by atoms with Crippen molar-refractivity contribution in [3.8, 4) is 0 Å². The normalized spacial score (nSPS) is 14.5. The van der Waals surface area contributed by atoms with Crippen LogP contribution in [0.25, 0.3) is 5.65 Å². The average Bonchev–Trinajstić information content (AvgIpc) is 3.05. The second-order valence-corrected chi connectivity index (χ2v) is 7.32. The Hall–Kier alpha value is -2.64. The molecule has 2 amide bonds. The Morgan fingerprint density at radius 3 is 2.39 bits per heavy atom. The third-order valence-corrected chi connectivity index (χ3v) is 5.64. The van der Waals surface area contributed by atoms with Gasteiger partial charge in [-0.1, -0.05) is 29.3 Å². The Balaban J connectivity index is 1.49. The van der Waals surface area contributed by atoms with Crippen molar-refractivity contribution in [3.05, 3.63) is 63.5 Å². The lowest BCUT2D eigenvalue weighted by molar-refractivity contribution is 0.0536. The molecule has 0 aliphatic carbocycles. The highest BCUT2D eigenvalue weighted by molar-refractivity contribution is 6.43. The Bertz CT molecular complexity index is 1070. The van der Waals surface area contributed by atoms with Gasteiger partial charge in [0.05, 0.1) is 21.3 Å². The van der Waals surface area contributed by atoms with Gasteiger partial charge in [0, 0.05) is 38.6 Å². The molecule has 0 spiro atoms. The summed E-state index contributed by atoms with van der Waals surface area (Å²) >= 11 is 12.2. The molecule has 3 heterocycles. The van der Waals surface area contributed by atoms with Crippen molar-refractivity contribution in [2.24, 2.45) is 0 Å². The number of aryl methyl sites for hydroxylation is 1. The molecular weight excluding hydrogens is 401 g/mol. The van der Waals surface area contributed by atoms with Crippen LogP contribution in [0.2, 0.25) is 10.0 Å². The van der Waals surface area contributed by atoms with E-state index >= 15 is 0 Å². The van der Waals surface area contributed by atoms with Crippen molar-refractivity contribution in [1.82, 2.24) is 24.4 Å². The van der Waals surface area contributed by atoms with E-state index in [0.717, 1.165) is 0 Å². The molecule has 7 nitrogen and oxygen atoms in total. The number of benzene rings is 1. The van der Waals surface area contributed by atoms with Crippen LogP contribution in [0.1, 0.15) is 26.4 Å². The molecule has 0 N–H and O–H groups in total. The molecule has 1 aromatic carbocycles. The Kier molecular flexibility index (Phi) is 4.95. The van der Waals surface area contributed by atoms with Crippen molar-refractivity contribution in [3.63, 3.8) is 0 Å². The largest absolute Gasteiger partial charge is 0.335 e. The summed E-state index contributed by atoms with van der Waals surface area (Å²) in [6.07, 6.45) is 3.40. The van der Waals surface area contributed by atoms with E-state index in [9.17, 15) is 9.59 Å². The molecule has 0 unspecified atom stereocenters. The lowest BCUT2D eigenvalue weighted by atomic mass is 10.1. The summed E-state index contributed by atoms with van der Waals surface area (Å²) in [6.45, 7) is 3.47. The van der Waals surface area contributed by atoms with E-state index < -0.39 is 0 Å². The van der Waals surface area contributed by atoms with Crippen LogP contribution in [0, 0.1) is 6.92 Å². The van der Waals surface area contributed by atoms with E-state index in [4.69, 9.17) is 23.2 Å². The van der Waals surface area contributed by atoms with E-state index in [1.165, 1.54) is 0 Å². The third kappa shape index (κ3) is 3.21. The molecule has 1 aliphatic heterocycles. The highest BCUT2D eigenvalue weighted by Crippen LogP contribution is 2.27. The topological polar surface area (TPSA) is 70.8 Å². The maximum absolute atomic E-state index is 13.0. The number of halogens is 2. The molecule has 144 valence electrons. The first-order chi connectivity index (χ1) is 13.5. The van der Waals surface area contributed by atoms with Crippen LogP contribution < -0.4 is 0 Å². The molecule has 0 radical (unpaired) electrons. The van der Waals surface area contributed by atoms with E-state index in [-0.39, 0.29) is 16.8 Å². The van der Waals surface area contributed by atoms with Gasteiger partial charge >= 0.3 is 0 Å². The van der Waals surface area contributed by atoms with Crippen LogP contribution in [0.3, 0.4) is 0 Å². The van der Waals surface area contributed by atoms with Crippen molar-refractivity contribution in [2.75, 3.05) is 26.2 Å². The van der Waals surface area contributed by atoms with Gasteiger partial charge in [0.15, 0.2) is 5.65 Å². The molecule has 4 rings (SSSR count). The first-order valence-corrected chi connectivity index (χ1v) is 9.55. The zero-order valence-corrected chi connectivity index (χ0v) is 16.6. The number of carbonyl (C=O) groups excluding carboxylic acids is 2. The van der Waals surface area contributed by atoms with Crippen molar-refractivity contribution >= 4 is 40.7 Å². The van der Waals surface area contributed by atoms with Gasteiger partial charge < -0.3 is 9.80 Å². The second-order valence-electron chi connectivity index (χ2n) is 6.53. The summed E-state index contributed by atoms with van der Waals surface area (Å²) < 4.78 is 1.60. The fourth-order valence-electron chi connectivity index (χ4n) is 3.36. The number of fused-ring (bicyclic) bond motifs is 1. The number of carbonyl (C=O) groups is 2. The van der Waals surface area contributed by atoms with E-state index in [2.05, 4.69) is 10.1 Å². The third-order valence-electron chi connectivity index (χ3n) is 4.82. The lowest BCUT2D eigenvalue weighted by Crippen LogP contribution is -2.50. The Labute approximate surface area is 171 Å². The van der Waals surface area contributed by atoms with Crippen LogP contribution in [-0.2, 0) is 0 Å². The molecule has 3 aromatic rings. The van der Waals surface area contributed by atoms with Gasteiger partial charge in [0.25, 0.3) is 11.8 Å². The fraction of sp³-hybridized carbons (Fsp3) is 0.263. The number of nitrogens with zero attached hydrogens (tertiary/aromatic N) is 5. The summed E-state index contributed by atoms with van der Waals surface area (Å²) in [6, 6.07) is 6.76. The molecule has 1 aliphatic rings. The molecule has 0 saturated carbocycles. The second kappa shape index (κ2) is 7.41. The number of hydrogen-bond donors (Lipinski definition) is 0. The van der Waals surface area contributed by atoms with Crippen LogP contribution in [0.15, 0.2) is 36.7 Å². The number of amides is 2. The minimum Gasteiger partial charge on any atom is -0.335 e. The van der Waals surface area contributed by atoms with Gasteiger partial charge in [-0.05, 0) is 25.1 Å². The van der Waals surface area contributed by atoms with Gasteiger partial charge in [-0.15, -0.1) is 0 Å². The molecule has 0 bridgehead atoms. The first-order valence-electron chi connectivity index (χ1n) is 8.80. The molecule has 9 heteroatoms. The predicted molar refractivity (Wildman–Crippen MR) is 106 cm³/mol. The van der Waals surface area contributed by atoms with Gasteiger partial charge in [-0.2, -0.15) is 5.10 Å². The molecule has 0 atom stereocenters. The number of piperazine rings is 1. The first kappa shape index (κ1) is 18.7. The van der Waals surface area contributed by atoms with Crippen LogP contribution in [-0.4, -0.2) is 62.4 Å². The standard InChI is InChI=1S/C19H17Cl2N5O2/c1-12-15(17-22-6-3-7-26(17)23-12)19(28)25-10-8-24(9-11-25)18(27)13-4-2-5-14(20)16(13)21/h2-7H,8-11H2,1H3. The monoisotopic (exact) mass is 417 g/mol. The van der Waals surface area contributed by atoms with Gasteiger partial charge in [-0.3, -0.25) is 9.59 Å². The van der Waals surface area contributed by atoms with Gasteiger partial charge in [0.2, 0.25) is 0 Å². The molecule has 2 aromatic heterocycles. The van der Waals surface area contributed by atoms with Crippen LogP contribution in [0.4, 0.5) is 0 Å². The molecule has 1 saturated heterocycles. The van der Waals surface area contributed by atoms with Crippen molar-refractivity contribution in [1.29, 1.82) is 0 Å². The molecular formula is C19H17Cl2N5O2. The number of rotatable bonds is 2. The van der Waals surface area contributed by atoms with Crippen LogP contribution >= 0.6 is 23.2 Å². The Morgan fingerprint density at radius 1 is 1.00 bits per heavy atom. The molecule has 28 heavy (non-hydrogen) atoms. The zero-order chi connectivity index (χ0) is 19.8. The predicted octanol–water partition coefficient (Wildman–Crippen LogP) is 2.94. The van der Waals surface area contributed by atoms with Crippen molar-refractivity contribution in [2.45, 2.75) is 6.92 Å². The summed E-state index contributed by atoms with van der Waals surface area (Å²) in [4.78, 5) is 33.5. The minimum absolute atomic E-state index is 0.126. The highest BCUT2D eigenvalue weighted by Gasteiger charge is 2.29. The zero-order valence-electron chi connectivity index (χ0n) is 15.1. The van der Waals surface area contributed by atoms with E-state index in [0.29, 0.717) is 53.7 Å². The quantitative estimate of drug-likeness (QED) is 0.642. The molecule has 1 fully saturated rings. The SMILES string of the molecule is Cc1nn2cccnc2c1C(=O)N1CCN(C(=O)c2cccc(Cl)c2Cl)CC1. The summed E-state index contributed by atoms with van der Waals surface area (Å²) in [5.74, 6) is -0.312. The van der Waals surface area contributed by atoms with Gasteiger partial charge in [0.1, 0.15) is 5.56 Å². The summed E-state index contributed by atoms with van der Waals surface area (Å²) in [5, 5.41) is 4.94. The highest BCUT2D eigenvalue weighted by atomic mass is 35.5. The Morgan fingerprint density at radius 2 is 1.68 bits per heavy atom. The minimum atomic E-state index is -0.187.